The maximum Gasteiger partial charge on any atom is 0.194 e. The van der Waals surface area contributed by atoms with Crippen LogP contribution in [0.4, 0.5) is 15.9 Å². The number of rotatable bonds is 5. The van der Waals surface area contributed by atoms with E-state index in [-0.39, 0.29) is 5.82 Å². The lowest BCUT2D eigenvalue weighted by Gasteiger charge is -2.37. The minimum absolute atomic E-state index is 0.196. The van der Waals surface area contributed by atoms with Gasteiger partial charge in [0.2, 0.25) is 0 Å². The fourth-order valence-corrected chi connectivity index (χ4v) is 4.34. The first-order valence-electron chi connectivity index (χ1n) is 11.5. The lowest BCUT2D eigenvalue weighted by molar-refractivity contribution is 0.270. The molecule has 3 heterocycles. The van der Waals surface area contributed by atoms with E-state index in [1.165, 1.54) is 12.1 Å². The molecule has 0 radical (unpaired) electrons. The Kier molecular flexibility index (Phi) is 7.42. The lowest BCUT2D eigenvalue weighted by Crippen LogP contribution is -2.52. The molecule has 172 valence electrons. The quantitative estimate of drug-likeness (QED) is 0.570. The van der Waals surface area contributed by atoms with Gasteiger partial charge in [-0.25, -0.2) is 9.37 Å². The number of anilines is 2. The second kappa shape index (κ2) is 10.6. The first-order chi connectivity index (χ1) is 15.7. The van der Waals surface area contributed by atoms with Gasteiger partial charge in [0.25, 0.3) is 0 Å². The van der Waals surface area contributed by atoms with Crippen molar-refractivity contribution in [2.45, 2.75) is 13.5 Å². The Balaban J connectivity index is 1.25. The van der Waals surface area contributed by atoms with Gasteiger partial charge in [0.05, 0.1) is 0 Å². The highest BCUT2D eigenvalue weighted by atomic mass is 19.1. The van der Waals surface area contributed by atoms with Crippen molar-refractivity contribution in [1.82, 2.24) is 20.1 Å². The van der Waals surface area contributed by atoms with Crippen LogP contribution >= 0.6 is 0 Å². The number of pyridine rings is 1. The van der Waals surface area contributed by atoms with E-state index in [1.807, 2.05) is 25.4 Å². The molecule has 0 spiro atoms. The molecule has 4 rings (SSSR count). The molecule has 0 unspecified atom stereocenters. The van der Waals surface area contributed by atoms with Gasteiger partial charge in [-0.2, -0.15) is 0 Å². The number of likely N-dealkylation sites (N-methyl/N-ethyl adjacent to an activating group) is 1. The summed E-state index contributed by atoms with van der Waals surface area (Å²) in [4.78, 5) is 18.6. The number of benzene rings is 1. The highest BCUT2D eigenvalue weighted by Crippen LogP contribution is 2.17. The average Bonchev–Trinajstić information content (AvgIpc) is 2.86. The van der Waals surface area contributed by atoms with Crippen molar-refractivity contribution < 1.29 is 4.39 Å². The standard InChI is InChI=1S/C24H34FN7/c1-3-29-10-12-31(13-11-29)23-9-4-20(18-27-23)19-28-24(26-2)32-16-14-30(15-17-32)22-7-5-21(25)6-8-22/h4-9,18H,3,10-17,19H2,1-2H3,(H,26,28). The van der Waals surface area contributed by atoms with Crippen LogP contribution < -0.4 is 15.1 Å². The summed E-state index contributed by atoms with van der Waals surface area (Å²) in [5.41, 5.74) is 2.21. The molecule has 2 fully saturated rings. The summed E-state index contributed by atoms with van der Waals surface area (Å²) in [5.74, 6) is 1.77. The van der Waals surface area contributed by atoms with Crippen LogP contribution in [0.15, 0.2) is 47.6 Å². The Morgan fingerprint density at radius 1 is 0.938 bits per heavy atom. The molecule has 0 aliphatic carbocycles. The van der Waals surface area contributed by atoms with E-state index >= 15 is 0 Å². The van der Waals surface area contributed by atoms with Gasteiger partial charge >= 0.3 is 0 Å². The summed E-state index contributed by atoms with van der Waals surface area (Å²) in [6, 6.07) is 11.0. The summed E-state index contributed by atoms with van der Waals surface area (Å²) in [6.07, 6.45) is 1.97. The van der Waals surface area contributed by atoms with E-state index in [9.17, 15) is 4.39 Å². The summed E-state index contributed by atoms with van der Waals surface area (Å²) in [5, 5.41) is 3.48. The van der Waals surface area contributed by atoms with Crippen LogP contribution in [0, 0.1) is 5.82 Å². The van der Waals surface area contributed by atoms with Crippen LogP contribution in [0.3, 0.4) is 0 Å². The highest BCUT2D eigenvalue weighted by molar-refractivity contribution is 5.80. The number of hydrogen-bond acceptors (Lipinski definition) is 5. The number of hydrogen-bond donors (Lipinski definition) is 1. The van der Waals surface area contributed by atoms with Crippen molar-refractivity contribution in [3.8, 4) is 0 Å². The zero-order valence-electron chi connectivity index (χ0n) is 19.2. The molecule has 0 atom stereocenters. The Morgan fingerprint density at radius 3 is 2.22 bits per heavy atom. The largest absolute Gasteiger partial charge is 0.368 e. The molecule has 1 aromatic carbocycles. The summed E-state index contributed by atoms with van der Waals surface area (Å²) >= 11 is 0. The van der Waals surface area contributed by atoms with Crippen LogP contribution in [0.2, 0.25) is 0 Å². The molecule has 2 aliphatic heterocycles. The number of piperazine rings is 2. The van der Waals surface area contributed by atoms with Crippen molar-refractivity contribution in [2.75, 3.05) is 75.8 Å². The third-order valence-electron chi connectivity index (χ3n) is 6.39. The topological polar surface area (TPSA) is 50.2 Å². The second-order valence-corrected chi connectivity index (χ2v) is 8.30. The molecule has 7 nitrogen and oxygen atoms in total. The Morgan fingerprint density at radius 2 is 1.62 bits per heavy atom. The lowest BCUT2D eigenvalue weighted by atomic mass is 10.2. The highest BCUT2D eigenvalue weighted by Gasteiger charge is 2.20. The van der Waals surface area contributed by atoms with Gasteiger partial charge in [-0.3, -0.25) is 4.99 Å². The molecule has 2 saturated heterocycles. The van der Waals surface area contributed by atoms with E-state index in [1.54, 1.807) is 0 Å². The van der Waals surface area contributed by atoms with Crippen LogP contribution in [0.25, 0.3) is 0 Å². The zero-order chi connectivity index (χ0) is 22.3. The molecule has 2 aliphatic rings. The number of aromatic nitrogens is 1. The Hall–Kier alpha value is -2.87. The SMILES string of the molecule is CCN1CCN(c2ccc(CNC(=NC)N3CCN(c4ccc(F)cc4)CC3)cn2)CC1. The van der Waals surface area contributed by atoms with Gasteiger partial charge in [-0.05, 0) is 42.4 Å². The zero-order valence-corrected chi connectivity index (χ0v) is 19.2. The monoisotopic (exact) mass is 439 g/mol. The van der Waals surface area contributed by atoms with Crippen LogP contribution in [-0.2, 0) is 6.54 Å². The average molecular weight is 440 g/mol. The van der Waals surface area contributed by atoms with Gasteiger partial charge in [-0.1, -0.05) is 13.0 Å². The van der Waals surface area contributed by atoms with Gasteiger partial charge in [-0.15, -0.1) is 0 Å². The number of nitrogens with zero attached hydrogens (tertiary/aromatic N) is 6. The summed E-state index contributed by atoms with van der Waals surface area (Å²) in [6.45, 7) is 11.8. The third kappa shape index (κ3) is 5.48. The van der Waals surface area contributed by atoms with Crippen molar-refractivity contribution in [1.29, 1.82) is 0 Å². The third-order valence-corrected chi connectivity index (χ3v) is 6.39. The van der Waals surface area contributed by atoms with Gasteiger partial charge in [0.15, 0.2) is 5.96 Å². The van der Waals surface area contributed by atoms with Gasteiger partial charge in [0, 0.05) is 77.8 Å². The van der Waals surface area contributed by atoms with Crippen molar-refractivity contribution in [2.24, 2.45) is 4.99 Å². The minimum atomic E-state index is -0.196. The van der Waals surface area contributed by atoms with E-state index < -0.39 is 0 Å². The molecule has 0 bridgehead atoms. The Labute approximate surface area is 190 Å². The fourth-order valence-electron chi connectivity index (χ4n) is 4.34. The smallest absolute Gasteiger partial charge is 0.194 e. The maximum atomic E-state index is 13.2. The molecular weight excluding hydrogens is 405 g/mol. The molecule has 1 aromatic heterocycles. The van der Waals surface area contributed by atoms with Crippen LogP contribution in [-0.4, -0.2) is 86.7 Å². The normalized spacial score (nSPS) is 18.2. The van der Waals surface area contributed by atoms with Crippen molar-refractivity contribution >= 4 is 17.5 Å². The van der Waals surface area contributed by atoms with Crippen LogP contribution in [0.5, 0.6) is 0 Å². The number of halogens is 1. The van der Waals surface area contributed by atoms with Gasteiger partial charge in [0.1, 0.15) is 11.6 Å². The van der Waals surface area contributed by atoms with E-state index in [4.69, 9.17) is 4.98 Å². The molecule has 0 amide bonds. The molecule has 32 heavy (non-hydrogen) atoms. The van der Waals surface area contributed by atoms with Crippen molar-refractivity contribution in [3.05, 3.63) is 54.0 Å². The molecule has 0 saturated carbocycles. The summed E-state index contributed by atoms with van der Waals surface area (Å²) in [7, 11) is 1.83. The second-order valence-electron chi connectivity index (χ2n) is 8.30. The predicted octanol–water partition coefficient (Wildman–Crippen LogP) is 2.26. The molecule has 2 aromatic rings. The van der Waals surface area contributed by atoms with Crippen LogP contribution in [0.1, 0.15) is 12.5 Å². The molecule has 8 heteroatoms. The fraction of sp³-hybridized carbons (Fsp3) is 0.500. The molecule has 1 N–H and O–H groups in total. The van der Waals surface area contributed by atoms with Crippen molar-refractivity contribution in [3.63, 3.8) is 0 Å². The van der Waals surface area contributed by atoms with E-state index in [0.29, 0.717) is 6.54 Å². The first kappa shape index (κ1) is 22.3. The predicted molar refractivity (Wildman–Crippen MR) is 129 cm³/mol. The number of aliphatic imine (C=N–C) groups is 1. The summed E-state index contributed by atoms with van der Waals surface area (Å²) < 4.78 is 13.2. The first-order valence-corrected chi connectivity index (χ1v) is 11.5. The van der Waals surface area contributed by atoms with E-state index in [2.05, 4.69) is 49.0 Å². The minimum Gasteiger partial charge on any atom is -0.368 e. The number of guanidine groups is 1. The molecular formula is C24H34FN7. The maximum absolute atomic E-state index is 13.2. The van der Waals surface area contributed by atoms with Gasteiger partial charge < -0.3 is 24.9 Å². The Bertz CT molecular complexity index is 868. The van der Waals surface area contributed by atoms with E-state index in [0.717, 1.165) is 81.9 Å². The number of nitrogens with one attached hydrogen (secondary N) is 1.